The number of hydrogen-bond acceptors (Lipinski definition) is 3. The number of rotatable bonds is 4. The molecule has 0 aliphatic rings. The number of aliphatic hydroxyl groups is 1. The van der Waals surface area contributed by atoms with E-state index in [0.29, 0.717) is 20.8 Å². The number of aromatic nitrogens is 1. The molecule has 0 saturated heterocycles. The maximum absolute atomic E-state index is 10.8. The van der Waals surface area contributed by atoms with E-state index in [4.69, 9.17) is 34.8 Å². The Kier molecular flexibility index (Phi) is 5.73. The van der Waals surface area contributed by atoms with E-state index < -0.39 is 6.23 Å². The average Bonchev–Trinajstić information content (AvgIpc) is 2.60. The molecule has 1 atom stereocenters. The Morgan fingerprint density at radius 2 is 1.62 bits per heavy atom. The van der Waals surface area contributed by atoms with Crippen molar-refractivity contribution in [2.24, 2.45) is 0 Å². The van der Waals surface area contributed by atoms with Crippen LogP contribution in [-0.4, -0.2) is 17.1 Å². The van der Waals surface area contributed by atoms with Gasteiger partial charge in [-0.1, -0.05) is 59.1 Å². The topological polar surface area (TPSA) is 36.4 Å². The van der Waals surface area contributed by atoms with Gasteiger partial charge in [-0.25, -0.2) is 4.98 Å². The van der Waals surface area contributed by atoms with Crippen LogP contribution in [0.4, 0.5) is 5.69 Å². The molecule has 26 heavy (non-hydrogen) atoms. The van der Waals surface area contributed by atoms with Gasteiger partial charge in [0.05, 0.1) is 11.9 Å². The van der Waals surface area contributed by atoms with Crippen molar-refractivity contribution in [1.29, 1.82) is 0 Å². The van der Waals surface area contributed by atoms with Gasteiger partial charge in [0.1, 0.15) is 5.15 Å². The van der Waals surface area contributed by atoms with Gasteiger partial charge in [-0.05, 0) is 42.3 Å². The molecule has 0 fully saturated rings. The number of anilines is 1. The van der Waals surface area contributed by atoms with Gasteiger partial charge in [0.2, 0.25) is 0 Å². The summed E-state index contributed by atoms with van der Waals surface area (Å²) in [4.78, 5) is 5.90. The first-order chi connectivity index (χ1) is 12.4. The quantitative estimate of drug-likeness (QED) is 0.416. The fourth-order valence-electron chi connectivity index (χ4n) is 2.87. The molecule has 0 saturated carbocycles. The summed E-state index contributed by atoms with van der Waals surface area (Å²) >= 11 is 18.3. The van der Waals surface area contributed by atoms with E-state index >= 15 is 0 Å². The lowest BCUT2D eigenvalue weighted by atomic mass is 9.99. The molecule has 1 aromatic heterocycles. The third-order valence-electron chi connectivity index (χ3n) is 4.21. The number of aliphatic hydroxyl groups excluding tert-OH is 1. The Morgan fingerprint density at radius 1 is 0.962 bits per heavy atom. The minimum atomic E-state index is -0.947. The van der Waals surface area contributed by atoms with Crippen molar-refractivity contribution >= 4 is 40.5 Å². The first-order valence-corrected chi connectivity index (χ1v) is 9.08. The normalized spacial score (nSPS) is 12.1. The Balaban J connectivity index is 2.07. The van der Waals surface area contributed by atoms with Gasteiger partial charge >= 0.3 is 0 Å². The zero-order valence-electron chi connectivity index (χ0n) is 14.2. The molecular formula is C20H17Cl3N2O. The molecule has 3 rings (SSSR count). The van der Waals surface area contributed by atoms with Crippen LogP contribution in [0.15, 0.2) is 54.7 Å². The molecule has 1 N–H and O–H groups in total. The fourth-order valence-corrected chi connectivity index (χ4v) is 3.57. The molecule has 1 unspecified atom stereocenters. The predicted molar refractivity (Wildman–Crippen MR) is 109 cm³/mol. The predicted octanol–water partition coefficient (Wildman–Crippen LogP) is 6.14. The zero-order chi connectivity index (χ0) is 18.8. The maximum Gasteiger partial charge on any atom is 0.153 e. The lowest BCUT2D eigenvalue weighted by molar-refractivity contribution is 0.178. The Morgan fingerprint density at radius 3 is 2.27 bits per heavy atom. The molecule has 0 amide bonds. The molecule has 6 heteroatoms. The number of pyridine rings is 1. The van der Waals surface area contributed by atoms with Crippen molar-refractivity contribution in [1.82, 2.24) is 4.98 Å². The molecule has 1 heterocycles. The Bertz CT molecular complexity index is 926. The van der Waals surface area contributed by atoms with E-state index in [1.54, 1.807) is 42.4 Å². The Labute approximate surface area is 167 Å². The summed E-state index contributed by atoms with van der Waals surface area (Å²) < 4.78 is 0. The monoisotopic (exact) mass is 406 g/mol. The maximum atomic E-state index is 10.8. The largest absolute Gasteiger partial charge is 0.369 e. The SMILES string of the molecule is Cc1ccccc1-c1cc(Cl)ncc1N(C)C(O)c1cc(Cl)cc(Cl)c1. The second-order valence-corrected chi connectivity index (χ2v) is 7.29. The Hall–Kier alpha value is -1.78. The van der Waals surface area contributed by atoms with Gasteiger partial charge in [-0.3, -0.25) is 0 Å². The smallest absolute Gasteiger partial charge is 0.153 e. The molecule has 0 spiro atoms. The van der Waals surface area contributed by atoms with Crippen LogP contribution >= 0.6 is 34.8 Å². The van der Waals surface area contributed by atoms with Gasteiger partial charge in [0, 0.05) is 28.2 Å². The van der Waals surface area contributed by atoms with Crippen molar-refractivity contribution in [3.8, 4) is 11.1 Å². The van der Waals surface area contributed by atoms with Crippen LogP contribution in [0.3, 0.4) is 0 Å². The standard InChI is InChI=1S/C20H17Cl3N2O/c1-12-5-3-4-6-16(12)17-10-19(23)24-11-18(17)25(2)20(26)13-7-14(21)9-15(22)8-13/h3-11,20,26H,1-2H3. The van der Waals surface area contributed by atoms with E-state index in [0.717, 1.165) is 22.4 Å². The minimum absolute atomic E-state index is 0.390. The summed E-state index contributed by atoms with van der Waals surface area (Å²) in [5.74, 6) is 0. The molecule has 3 nitrogen and oxygen atoms in total. The lowest BCUT2D eigenvalue weighted by Crippen LogP contribution is -2.24. The van der Waals surface area contributed by atoms with Crippen LogP contribution in [0.5, 0.6) is 0 Å². The molecule has 0 aliphatic carbocycles. The average molecular weight is 408 g/mol. The van der Waals surface area contributed by atoms with Crippen LogP contribution in [0.1, 0.15) is 17.4 Å². The molecular weight excluding hydrogens is 391 g/mol. The number of halogens is 3. The molecule has 0 radical (unpaired) electrons. The summed E-state index contributed by atoms with van der Waals surface area (Å²) in [6, 6.07) is 14.8. The van der Waals surface area contributed by atoms with Crippen molar-refractivity contribution in [2.45, 2.75) is 13.2 Å². The van der Waals surface area contributed by atoms with E-state index in [2.05, 4.69) is 4.98 Å². The molecule has 0 aliphatic heterocycles. The van der Waals surface area contributed by atoms with Gasteiger partial charge in [0.15, 0.2) is 6.23 Å². The second kappa shape index (κ2) is 7.85. The fraction of sp³-hybridized carbons (Fsp3) is 0.150. The minimum Gasteiger partial charge on any atom is -0.369 e. The number of aryl methyl sites for hydroxylation is 1. The number of hydrogen-bond donors (Lipinski definition) is 1. The third kappa shape index (κ3) is 3.97. The molecule has 2 aromatic carbocycles. The molecule has 134 valence electrons. The highest BCUT2D eigenvalue weighted by atomic mass is 35.5. The van der Waals surface area contributed by atoms with Gasteiger partial charge in [0.25, 0.3) is 0 Å². The van der Waals surface area contributed by atoms with Crippen LogP contribution < -0.4 is 4.90 Å². The highest BCUT2D eigenvalue weighted by Gasteiger charge is 2.20. The van der Waals surface area contributed by atoms with Crippen LogP contribution in [0, 0.1) is 6.92 Å². The molecule has 0 bridgehead atoms. The number of benzene rings is 2. The van der Waals surface area contributed by atoms with E-state index in [1.807, 2.05) is 31.2 Å². The zero-order valence-corrected chi connectivity index (χ0v) is 16.5. The van der Waals surface area contributed by atoms with Gasteiger partial charge in [-0.15, -0.1) is 0 Å². The third-order valence-corrected chi connectivity index (χ3v) is 4.86. The highest BCUT2D eigenvalue weighted by molar-refractivity contribution is 6.34. The van der Waals surface area contributed by atoms with E-state index in [1.165, 1.54) is 0 Å². The van der Waals surface area contributed by atoms with E-state index in [-0.39, 0.29) is 0 Å². The van der Waals surface area contributed by atoms with Crippen LogP contribution in [0.25, 0.3) is 11.1 Å². The van der Waals surface area contributed by atoms with Crippen LogP contribution in [-0.2, 0) is 0 Å². The van der Waals surface area contributed by atoms with Crippen molar-refractivity contribution < 1.29 is 5.11 Å². The summed E-state index contributed by atoms with van der Waals surface area (Å²) in [6.45, 7) is 2.03. The van der Waals surface area contributed by atoms with Crippen LogP contribution in [0.2, 0.25) is 15.2 Å². The van der Waals surface area contributed by atoms with Crippen molar-refractivity contribution in [3.05, 3.63) is 81.1 Å². The van der Waals surface area contributed by atoms with Gasteiger partial charge in [-0.2, -0.15) is 0 Å². The highest BCUT2D eigenvalue weighted by Crippen LogP contribution is 2.37. The van der Waals surface area contributed by atoms with Crippen molar-refractivity contribution in [2.75, 3.05) is 11.9 Å². The lowest BCUT2D eigenvalue weighted by Gasteiger charge is -2.28. The number of nitrogens with zero attached hydrogens (tertiary/aromatic N) is 2. The van der Waals surface area contributed by atoms with Crippen molar-refractivity contribution in [3.63, 3.8) is 0 Å². The molecule has 3 aromatic rings. The summed E-state index contributed by atoms with van der Waals surface area (Å²) in [5, 5.41) is 12.2. The second-order valence-electron chi connectivity index (χ2n) is 6.03. The summed E-state index contributed by atoms with van der Waals surface area (Å²) in [7, 11) is 1.78. The first-order valence-electron chi connectivity index (χ1n) is 7.95. The first kappa shape index (κ1) is 19.0. The summed E-state index contributed by atoms with van der Waals surface area (Å²) in [6.07, 6.45) is 0.705. The summed E-state index contributed by atoms with van der Waals surface area (Å²) in [5.41, 5.74) is 4.35. The van der Waals surface area contributed by atoms with Gasteiger partial charge < -0.3 is 10.0 Å². The van der Waals surface area contributed by atoms with E-state index in [9.17, 15) is 5.11 Å².